The molecule has 2 amide bonds. The van der Waals surface area contributed by atoms with Crippen LogP contribution < -0.4 is 5.32 Å². The third kappa shape index (κ3) is 7.02. The van der Waals surface area contributed by atoms with Crippen LogP contribution in [0.25, 0.3) is 0 Å². The molecule has 1 aromatic heterocycles. The van der Waals surface area contributed by atoms with E-state index in [9.17, 15) is 14.4 Å². The molecule has 0 aliphatic carbocycles. The van der Waals surface area contributed by atoms with Crippen LogP contribution in [0.3, 0.4) is 0 Å². The summed E-state index contributed by atoms with van der Waals surface area (Å²) in [7, 11) is 0. The SMILES string of the molecule is CCOC(=O)NC(=O)COC(=O)CSc1nc(C)cc(C)n1. The van der Waals surface area contributed by atoms with Crippen LogP contribution in [0.1, 0.15) is 18.3 Å². The van der Waals surface area contributed by atoms with Gasteiger partial charge in [0.05, 0.1) is 12.4 Å². The zero-order chi connectivity index (χ0) is 16.5. The van der Waals surface area contributed by atoms with Crippen LogP contribution >= 0.6 is 11.8 Å². The first-order valence-electron chi connectivity index (χ1n) is 6.48. The summed E-state index contributed by atoms with van der Waals surface area (Å²) in [5.74, 6) is -1.39. The van der Waals surface area contributed by atoms with E-state index in [-0.39, 0.29) is 12.4 Å². The number of aromatic nitrogens is 2. The van der Waals surface area contributed by atoms with Gasteiger partial charge in [-0.05, 0) is 26.8 Å². The van der Waals surface area contributed by atoms with Crippen LogP contribution in [0.2, 0.25) is 0 Å². The highest BCUT2D eigenvalue weighted by Crippen LogP contribution is 2.14. The van der Waals surface area contributed by atoms with Gasteiger partial charge >= 0.3 is 12.1 Å². The predicted octanol–water partition coefficient (Wildman–Crippen LogP) is 1.00. The normalized spacial score (nSPS) is 9.95. The van der Waals surface area contributed by atoms with Gasteiger partial charge < -0.3 is 9.47 Å². The summed E-state index contributed by atoms with van der Waals surface area (Å²) in [6, 6.07) is 1.82. The molecule has 1 heterocycles. The van der Waals surface area contributed by atoms with Crippen molar-refractivity contribution in [3.05, 3.63) is 17.5 Å². The standard InChI is InChI=1S/C13H17N3O5S/c1-4-20-13(19)16-10(17)6-21-11(18)7-22-12-14-8(2)5-9(3)15-12/h5H,4,6-7H2,1-3H3,(H,16,17,19). The number of carbonyl (C=O) groups is 3. The van der Waals surface area contributed by atoms with Crippen LogP contribution in [0.4, 0.5) is 4.79 Å². The number of carbonyl (C=O) groups excluding carboxylic acids is 3. The lowest BCUT2D eigenvalue weighted by atomic mass is 10.4. The molecule has 0 aromatic carbocycles. The predicted molar refractivity (Wildman–Crippen MR) is 78.4 cm³/mol. The highest BCUT2D eigenvalue weighted by Gasteiger charge is 2.12. The van der Waals surface area contributed by atoms with Crippen molar-refractivity contribution in [1.82, 2.24) is 15.3 Å². The molecule has 1 N–H and O–H groups in total. The Morgan fingerprint density at radius 3 is 2.41 bits per heavy atom. The summed E-state index contributed by atoms with van der Waals surface area (Å²) in [6.45, 7) is 4.86. The molecule has 1 rings (SSSR count). The summed E-state index contributed by atoms with van der Waals surface area (Å²) in [4.78, 5) is 42.1. The fourth-order valence-electron chi connectivity index (χ4n) is 1.39. The minimum Gasteiger partial charge on any atom is -0.455 e. The summed E-state index contributed by atoms with van der Waals surface area (Å²) in [6.07, 6.45) is -0.874. The minimum absolute atomic E-state index is 0.0322. The van der Waals surface area contributed by atoms with Crippen molar-refractivity contribution in [2.45, 2.75) is 25.9 Å². The number of esters is 1. The minimum atomic E-state index is -0.874. The van der Waals surface area contributed by atoms with E-state index in [0.29, 0.717) is 5.16 Å². The van der Waals surface area contributed by atoms with Crippen LogP contribution in [0.5, 0.6) is 0 Å². The van der Waals surface area contributed by atoms with Gasteiger partial charge in [0.1, 0.15) is 0 Å². The maximum absolute atomic E-state index is 11.5. The first kappa shape index (κ1) is 17.9. The van der Waals surface area contributed by atoms with E-state index < -0.39 is 24.6 Å². The second-order valence-electron chi connectivity index (χ2n) is 4.15. The summed E-state index contributed by atoms with van der Waals surface area (Å²) in [5, 5.41) is 2.38. The molecule has 1 aromatic rings. The second-order valence-corrected chi connectivity index (χ2v) is 5.09. The van der Waals surface area contributed by atoms with Crippen LogP contribution in [0.15, 0.2) is 11.2 Å². The Balaban J connectivity index is 2.31. The number of aryl methyl sites for hydroxylation is 2. The fraction of sp³-hybridized carbons (Fsp3) is 0.462. The van der Waals surface area contributed by atoms with E-state index in [2.05, 4.69) is 14.7 Å². The second kappa shape index (κ2) is 8.98. The average Bonchev–Trinajstić information content (AvgIpc) is 2.42. The van der Waals surface area contributed by atoms with Gasteiger partial charge in [0, 0.05) is 11.4 Å². The van der Waals surface area contributed by atoms with Gasteiger partial charge in [-0.15, -0.1) is 0 Å². The van der Waals surface area contributed by atoms with Crippen molar-refractivity contribution in [2.24, 2.45) is 0 Å². The molecule has 22 heavy (non-hydrogen) atoms. The smallest absolute Gasteiger partial charge is 0.413 e. The maximum Gasteiger partial charge on any atom is 0.413 e. The Morgan fingerprint density at radius 2 is 1.82 bits per heavy atom. The summed E-state index contributed by atoms with van der Waals surface area (Å²) >= 11 is 1.11. The number of hydrogen-bond acceptors (Lipinski definition) is 8. The zero-order valence-electron chi connectivity index (χ0n) is 12.5. The van der Waals surface area contributed by atoms with Crippen molar-refractivity contribution in [1.29, 1.82) is 0 Å². The van der Waals surface area contributed by atoms with Crippen molar-refractivity contribution >= 4 is 29.7 Å². The summed E-state index contributed by atoms with van der Waals surface area (Å²) < 4.78 is 9.24. The quantitative estimate of drug-likeness (QED) is 0.468. The molecule has 0 saturated heterocycles. The van der Waals surface area contributed by atoms with Crippen molar-refractivity contribution in [3.63, 3.8) is 0 Å². The van der Waals surface area contributed by atoms with Gasteiger partial charge in [-0.25, -0.2) is 14.8 Å². The van der Waals surface area contributed by atoms with E-state index in [1.54, 1.807) is 6.92 Å². The van der Waals surface area contributed by atoms with Crippen molar-refractivity contribution in [2.75, 3.05) is 19.0 Å². The van der Waals surface area contributed by atoms with Gasteiger partial charge in [0.15, 0.2) is 11.8 Å². The zero-order valence-corrected chi connectivity index (χ0v) is 13.4. The third-order valence-electron chi connectivity index (χ3n) is 2.16. The van der Waals surface area contributed by atoms with Gasteiger partial charge in [-0.2, -0.15) is 0 Å². The number of rotatable bonds is 6. The van der Waals surface area contributed by atoms with E-state index in [1.807, 2.05) is 25.2 Å². The maximum atomic E-state index is 11.5. The molecule has 120 valence electrons. The molecule has 0 spiro atoms. The largest absolute Gasteiger partial charge is 0.455 e. The van der Waals surface area contributed by atoms with Crippen molar-refractivity contribution < 1.29 is 23.9 Å². The van der Waals surface area contributed by atoms with E-state index in [1.165, 1.54) is 0 Å². The molecule has 0 atom stereocenters. The molecule has 0 aliphatic rings. The Kier molecular flexibility index (Phi) is 7.30. The monoisotopic (exact) mass is 327 g/mol. The lowest BCUT2D eigenvalue weighted by Crippen LogP contribution is -2.34. The molecule has 0 radical (unpaired) electrons. The van der Waals surface area contributed by atoms with Crippen LogP contribution in [0, 0.1) is 13.8 Å². The number of ether oxygens (including phenoxy) is 2. The molecular weight excluding hydrogens is 310 g/mol. The topological polar surface area (TPSA) is 107 Å². The lowest BCUT2D eigenvalue weighted by Gasteiger charge is -2.06. The van der Waals surface area contributed by atoms with Gasteiger partial charge in [-0.3, -0.25) is 14.9 Å². The number of nitrogens with one attached hydrogen (secondary N) is 1. The average molecular weight is 327 g/mol. The Bertz CT molecular complexity index is 544. The Hall–Kier alpha value is -2.16. The molecule has 8 nitrogen and oxygen atoms in total. The molecular formula is C13H17N3O5S. The first-order valence-corrected chi connectivity index (χ1v) is 7.46. The molecule has 0 bridgehead atoms. The molecule has 0 saturated carbocycles. The number of alkyl carbamates (subject to hydrolysis) is 1. The van der Waals surface area contributed by atoms with Crippen LogP contribution in [-0.4, -0.2) is 46.9 Å². The third-order valence-corrected chi connectivity index (χ3v) is 2.98. The lowest BCUT2D eigenvalue weighted by molar-refractivity contribution is -0.145. The highest BCUT2D eigenvalue weighted by molar-refractivity contribution is 7.99. The van der Waals surface area contributed by atoms with Crippen LogP contribution in [-0.2, 0) is 19.1 Å². The van der Waals surface area contributed by atoms with Gasteiger partial charge in [0.25, 0.3) is 5.91 Å². The Morgan fingerprint density at radius 1 is 1.18 bits per heavy atom. The Labute approximate surface area is 132 Å². The van der Waals surface area contributed by atoms with Crippen molar-refractivity contribution in [3.8, 4) is 0 Å². The van der Waals surface area contributed by atoms with Gasteiger partial charge in [0.2, 0.25) is 0 Å². The highest BCUT2D eigenvalue weighted by atomic mass is 32.2. The number of hydrogen-bond donors (Lipinski definition) is 1. The molecule has 0 fully saturated rings. The summed E-state index contributed by atoms with van der Waals surface area (Å²) in [5.41, 5.74) is 1.61. The van der Waals surface area contributed by atoms with E-state index in [4.69, 9.17) is 4.74 Å². The number of imide groups is 1. The van der Waals surface area contributed by atoms with E-state index in [0.717, 1.165) is 23.1 Å². The van der Waals surface area contributed by atoms with E-state index >= 15 is 0 Å². The van der Waals surface area contributed by atoms with Gasteiger partial charge in [-0.1, -0.05) is 11.8 Å². The first-order chi connectivity index (χ1) is 10.4. The molecule has 9 heteroatoms. The number of nitrogens with zero attached hydrogens (tertiary/aromatic N) is 2. The fourth-order valence-corrected chi connectivity index (χ4v) is 2.13. The molecule has 0 unspecified atom stereocenters. The number of thioether (sulfide) groups is 1. The number of amides is 2. The molecule has 0 aliphatic heterocycles.